The van der Waals surface area contributed by atoms with Crippen LogP contribution < -0.4 is 0 Å². The van der Waals surface area contributed by atoms with Gasteiger partial charge in [0.1, 0.15) is 0 Å². The first-order valence-electron chi connectivity index (χ1n) is 6.58. The second-order valence-corrected chi connectivity index (χ2v) is 6.82. The normalized spacial score (nSPS) is 11.1. The molecule has 0 spiro atoms. The molecule has 4 heteroatoms. The van der Waals surface area contributed by atoms with Crippen LogP contribution in [0.1, 0.15) is 5.56 Å². The molecule has 0 atom stereocenters. The minimum absolute atomic E-state index is 1.01. The van der Waals surface area contributed by atoms with Crippen LogP contribution in [0.25, 0.3) is 11.0 Å². The van der Waals surface area contributed by atoms with Gasteiger partial charge in [0.15, 0.2) is 5.16 Å². The van der Waals surface area contributed by atoms with E-state index in [9.17, 15) is 0 Å². The van der Waals surface area contributed by atoms with Crippen molar-refractivity contribution >= 4 is 34.6 Å². The molecular formula is C16H16N2S2. The minimum Gasteiger partial charge on any atom is -0.333 e. The first-order chi connectivity index (χ1) is 9.81. The van der Waals surface area contributed by atoms with E-state index in [1.165, 1.54) is 10.5 Å². The van der Waals surface area contributed by atoms with Gasteiger partial charge >= 0.3 is 0 Å². The highest BCUT2D eigenvalue weighted by Gasteiger charge is 2.03. The lowest BCUT2D eigenvalue weighted by Crippen LogP contribution is -1.85. The molecule has 0 amide bonds. The number of aryl methyl sites for hydroxylation is 1. The van der Waals surface area contributed by atoms with E-state index < -0.39 is 0 Å². The predicted molar refractivity (Wildman–Crippen MR) is 88.7 cm³/mol. The third kappa shape index (κ3) is 3.38. The van der Waals surface area contributed by atoms with Gasteiger partial charge in [-0.2, -0.15) is 0 Å². The van der Waals surface area contributed by atoms with E-state index in [0.717, 1.165) is 27.7 Å². The number of aromatic nitrogens is 2. The van der Waals surface area contributed by atoms with Crippen molar-refractivity contribution in [2.75, 3.05) is 11.5 Å². The van der Waals surface area contributed by atoms with Crippen molar-refractivity contribution in [3.8, 4) is 0 Å². The number of aromatic amines is 1. The van der Waals surface area contributed by atoms with E-state index in [-0.39, 0.29) is 0 Å². The van der Waals surface area contributed by atoms with Crippen LogP contribution in [0.2, 0.25) is 0 Å². The highest BCUT2D eigenvalue weighted by molar-refractivity contribution is 8.02. The molecule has 0 saturated heterocycles. The Morgan fingerprint density at radius 2 is 1.80 bits per heavy atom. The SMILES string of the molecule is Cc1ccc2nc(SCCSc3ccccc3)[nH]c2c1. The molecule has 0 aliphatic rings. The summed E-state index contributed by atoms with van der Waals surface area (Å²) in [5, 5.41) is 1.01. The summed E-state index contributed by atoms with van der Waals surface area (Å²) in [5.41, 5.74) is 3.44. The standard InChI is InChI=1S/C16H16N2S2/c1-12-7-8-14-15(11-12)18-16(17-14)20-10-9-19-13-5-3-2-4-6-13/h2-8,11H,9-10H2,1H3,(H,17,18). The van der Waals surface area contributed by atoms with Gasteiger partial charge in [-0.3, -0.25) is 0 Å². The molecule has 0 bridgehead atoms. The van der Waals surface area contributed by atoms with Crippen molar-refractivity contribution in [2.24, 2.45) is 0 Å². The molecule has 102 valence electrons. The summed E-state index contributed by atoms with van der Waals surface area (Å²) >= 11 is 3.67. The van der Waals surface area contributed by atoms with Crippen LogP contribution in [0.4, 0.5) is 0 Å². The highest BCUT2D eigenvalue weighted by atomic mass is 32.2. The minimum atomic E-state index is 1.01. The quantitative estimate of drug-likeness (QED) is 0.544. The van der Waals surface area contributed by atoms with Gasteiger partial charge in [0.05, 0.1) is 11.0 Å². The highest BCUT2D eigenvalue weighted by Crippen LogP contribution is 2.23. The molecule has 1 N–H and O–H groups in total. The number of benzene rings is 2. The summed E-state index contributed by atoms with van der Waals surface area (Å²) in [6, 6.07) is 16.8. The lowest BCUT2D eigenvalue weighted by Gasteiger charge is -1.99. The van der Waals surface area contributed by atoms with Crippen LogP contribution in [-0.4, -0.2) is 21.5 Å². The average molecular weight is 300 g/mol. The fraction of sp³-hybridized carbons (Fsp3) is 0.188. The zero-order valence-corrected chi connectivity index (χ0v) is 12.9. The number of rotatable bonds is 5. The van der Waals surface area contributed by atoms with Gasteiger partial charge in [0.2, 0.25) is 0 Å². The molecule has 0 fully saturated rings. The molecule has 20 heavy (non-hydrogen) atoms. The summed E-state index contributed by atoms with van der Waals surface area (Å²) in [6.07, 6.45) is 0. The zero-order valence-electron chi connectivity index (χ0n) is 11.3. The smallest absolute Gasteiger partial charge is 0.166 e. The van der Waals surface area contributed by atoms with Crippen molar-refractivity contribution in [3.63, 3.8) is 0 Å². The van der Waals surface area contributed by atoms with Crippen LogP contribution in [0.5, 0.6) is 0 Å². The van der Waals surface area contributed by atoms with E-state index in [4.69, 9.17) is 0 Å². The molecule has 0 saturated carbocycles. The van der Waals surface area contributed by atoms with E-state index in [1.54, 1.807) is 11.8 Å². The van der Waals surface area contributed by atoms with Gasteiger partial charge in [-0.05, 0) is 36.8 Å². The Bertz CT molecular complexity index is 692. The molecule has 2 nitrogen and oxygen atoms in total. The van der Waals surface area contributed by atoms with Gasteiger partial charge in [0, 0.05) is 16.4 Å². The van der Waals surface area contributed by atoms with Crippen LogP contribution in [-0.2, 0) is 0 Å². The first-order valence-corrected chi connectivity index (χ1v) is 8.55. The maximum atomic E-state index is 4.60. The molecule has 0 radical (unpaired) electrons. The monoisotopic (exact) mass is 300 g/mol. The summed E-state index contributed by atoms with van der Waals surface area (Å²) in [6.45, 7) is 2.10. The Kier molecular flexibility index (Phi) is 4.33. The number of hydrogen-bond donors (Lipinski definition) is 1. The molecule has 3 aromatic rings. The number of thioether (sulfide) groups is 2. The summed E-state index contributed by atoms with van der Waals surface area (Å²) < 4.78 is 0. The molecule has 0 aliphatic heterocycles. The van der Waals surface area contributed by atoms with Crippen LogP contribution in [0, 0.1) is 6.92 Å². The fourth-order valence-corrected chi connectivity index (χ4v) is 3.77. The summed E-state index contributed by atoms with van der Waals surface area (Å²) in [7, 11) is 0. The molecule has 3 rings (SSSR count). The molecule has 2 aromatic carbocycles. The number of H-pyrrole nitrogens is 1. The maximum absolute atomic E-state index is 4.60. The van der Waals surface area contributed by atoms with Gasteiger partial charge < -0.3 is 4.98 Å². The maximum Gasteiger partial charge on any atom is 0.166 e. The third-order valence-corrected chi connectivity index (χ3v) is 5.10. The first kappa shape index (κ1) is 13.6. The van der Waals surface area contributed by atoms with Crippen LogP contribution >= 0.6 is 23.5 Å². The molecule has 1 aromatic heterocycles. The van der Waals surface area contributed by atoms with Gasteiger partial charge in [-0.25, -0.2) is 4.98 Å². The van der Waals surface area contributed by atoms with Crippen molar-refractivity contribution in [3.05, 3.63) is 54.1 Å². The third-order valence-electron chi connectivity index (χ3n) is 2.95. The molecule has 0 aliphatic carbocycles. The van der Waals surface area contributed by atoms with E-state index in [1.807, 2.05) is 11.8 Å². The van der Waals surface area contributed by atoms with Crippen LogP contribution in [0.3, 0.4) is 0 Å². The van der Waals surface area contributed by atoms with Crippen molar-refractivity contribution in [1.29, 1.82) is 0 Å². The lowest BCUT2D eigenvalue weighted by atomic mass is 10.2. The fourth-order valence-electron chi connectivity index (χ4n) is 1.98. The number of nitrogens with zero attached hydrogens (tertiary/aromatic N) is 1. The van der Waals surface area contributed by atoms with Gasteiger partial charge in [-0.1, -0.05) is 36.0 Å². The lowest BCUT2D eigenvalue weighted by molar-refractivity contribution is 1.08. The van der Waals surface area contributed by atoms with Crippen molar-refractivity contribution in [2.45, 2.75) is 17.0 Å². The second-order valence-electron chi connectivity index (χ2n) is 4.57. The number of fused-ring (bicyclic) bond motifs is 1. The number of nitrogens with one attached hydrogen (secondary N) is 1. The molecular weight excluding hydrogens is 284 g/mol. The van der Waals surface area contributed by atoms with Gasteiger partial charge in [0.25, 0.3) is 0 Å². The number of imidazole rings is 1. The second kappa shape index (κ2) is 6.37. The van der Waals surface area contributed by atoms with Crippen molar-refractivity contribution in [1.82, 2.24) is 9.97 Å². The number of hydrogen-bond acceptors (Lipinski definition) is 3. The zero-order chi connectivity index (χ0) is 13.8. The summed E-state index contributed by atoms with van der Waals surface area (Å²) in [5.74, 6) is 2.14. The molecule has 0 unspecified atom stereocenters. The Balaban J connectivity index is 1.55. The van der Waals surface area contributed by atoms with E-state index in [0.29, 0.717) is 0 Å². The topological polar surface area (TPSA) is 28.7 Å². The molecule has 1 heterocycles. The Morgan fingerprint density at radius 1 is 1.00 bits per heavy atom. The van der Waals surface area contributed by atoms with Gasteiger partial charge in [-0.15, -0.1) is 11.8 Å². The Labute approximate surface area is 127 Å². The van der Waals surface area contributed by atoms with E-state index >= 15 is 0 Å². The van der Waals surface area contributed by atoms with E-state index in [2.05, 4.69) is 65.4 Å². The van der Waals surface area contributed by atoms with Crippen LogP contribution in [0.15, 0.2) is 58.6 Å². The van der Waals surface area contributed by atoms with Crippen molar-refractivity contribution < 1.29 is 0 Å². The largest absolute Gasteiger partial charge is 0.333 e. The Morgan fingerprint density at radius 3 is 2.65 bits per heavy atom. The predicted octanol–water partition coefficient (Wildman–Crippen LogP) is 4.76. The average Bonchev–Trinajstić information content (AvgIpc) is 2.86. The summed E-state index contributed by atoms with van der Waals surface area (Å²) in [4.78, 5) is 9.30. The Hall–Kier alpha value is -1.39.